The van der Waals surface area contributed by atoms with Crippen LogP contribution in [0.4, 0.5) is 4.39 Å². The fraction of sp³-hybridized carbons (Fsp3) is 0.385. The first-order valence-corrected chi connectivity index (χ1v) is 6.53. The molecule has 1 unspecified atom stereocenters. The maximum absolute atomic E-state index is 13.8. The number of carboxylic acids is 1. The summed E-state index contributed by atoms with van der Waals surface area (Å²) in [5.74, 6) is -2.21. The standard InChI is InChI=1S/C13H12BrFO4/c14-9-2-1-8(10(15)5-9)6-13(12(17)18)7-19-4-3-11(13)16/h1-2,5H,3-4,6-7H2,(H,17,18). The topological polar surface area (TPSA) is 63.6 Å². The fourth-order valence-electron chi connectivity index (χ4n) is 2.13. The lowest BCUT2D eigenvalue weighted by Gasteiger charge is -2.31. The van der Waals surface area contributed by atoms with Crippen LogP contribution in [0.1, 0.15) is 12.0 Å². The highest BCUT2D eigenvalue weighted by Gasteiger charge is 2.48. The van der Waals surface area contributed by atoms with Gasteiger partial charge in [0.1, 0.15) is 5.82 Å². The van der Waals surface area contributed by atoms with Gasteiger partial charge in [-0.1, -0.05) is 22.0 Å². The highest BCUT2D eigenvalue weighted by molar-refractivity contribution is 9.10. The largest absolute Gasteiger partial charge is 0.480 e. The molecule has 0 aromatic heterocycles. The number of ketones is 1. The average Bonchev–Trinajstić information content (AvgIpc) is 2.35. The first-order valence-electron chi connectivity index (χ1n) is 5.74. The van der Waals surface area contributed by atoms with Crippen molar-refractivity contribution in [3.05, 3.63) is 34.1 Å². The number of benzene rings is 1. The van der Waals surface area contributed by atoms with E-state index in [-0.39, 0.29) is 31.6 Å². The van der Waals surface area contributed by atoms with Gasteiger partial charge in [0.25, 0.3) is 0 Å². The molecule has 1 saturated heterocycles. The minimum Gasteiger partial charge on any atom is -0.480 e. The summed E-state index contributed by atoms with van der Waals surface area (Å²) in [5, 5.41) is 9.33. The van der Waals surface area contributed by atoms with Crippen LogP contribution in [0.25, 0.3) is 0 Å². The second-order valence-corrected chi connectivity index (χ2v) is 5.44. The van der Waals surface area contributed by atoms with Crippen molar-refractivity contribution in [1.29, 1.82) is 0 Å². The molecule has 19 heavy (non-hydrogen) atoms. The van der Waals surface area contributed by atoms with Crippen LogP contribution < -0.4 is 0 Å². The molecule has 1 aliphatic rings. The van der Waals surface area contributed by atoms with Crippen LogP contribution in [0.5, 0.6) is 0 Å². The smallest absolute Gasteiger partial charge is 0.319 e. The molecule has 1 aliphatic heterocycles. The van der Waals surface area contributed by atoms with Gasteiger partial charge in [0, 0.05) is 17.3 Å². The summed E-state index contributed by atoms with van der Waals surface area (Å²) in [7, 11) is 0. The number of Topliss-reactive ketones (excluding diaryl/α,β-unsaturated/α-hetero) is 1. The molecule has 1 heterocycles. The lowest BCUT2D eigenvalue weighted by molar-refractivity contribution is -0.164. The summed E-state index contributed by atoms with van der Waals surface area (Å²) in [4.78, 5) is 23.4. The third-order valence-electron chi connectivity index (χ3n) is 3.27. The van der Waals surface area contributed by atoms with E-state index in [1.54, 1.807) is 6.07 Å². The maximum Gasteiger partial charge on any atom is 0.319 e. The number of ether oxygens (including phenoxy) is 1. The predicted octanol–water partition coefficient (Wildman–Crippen LogP) is 2.19. The lowest BCUT2D eigenvalue weighted by Crippen LogP contribution is -2.48. The lowest BCUT2D eigenvalue weighted by atomic mass is 9.76. The normalized spacial score (nSPS) is 23.4. The van der Waals surface area contributed by atoms with E-state index in [1.807, 2.05) is 0 Å². The molecule has 0 bridgehead atoms. The van der Waals surface area contributed by atoms with E-state index in [2.05, 4.69) is 15.9 Å². The van der Waals surface area contributed by atoms with Crippen LogP contribution in [0.3, 0.4) is 0 Å². The van der Waals surface area contributed by atoms with Crippen molar-refractivity contribution >= 4 is 27.7 Å². The van der Waals surface area contributed by atoms with Crippen molar-refractivity contribution in [2.45, 2.75) is 12.8 Å². The predicted molar refractivity (Wildman–Crippen MR) is 68.3 cm³/mol. The molecule has 2 rings (SSSR count). The summed E-state index contributed by atoms with van der Waals surface area (Å²) in [5.41, 5.74) is -1.48. The SMILES string of the molecule is O=C(O)C1(Cc2ccc(Br)cc2F)COCCC1=O. The Bertz CT molecular complexity index is 531. The van der Waals surface area contributed by atoms with Gasteiger partial charge < -0.3 is 9.84 Å². The summed E-state index contributed by atoms with van der Waals surface area (Å²) >= 11 is 3.13. The molecule has 0 aliphatic carbocycles. The number of carbonyl (C=O) groups is 2. The second-order valence-electron chi connectivity index (χ2n) is 4.53. The Morgan fingerprint density at radius 2 is 2.26 bits per heavy atom. The zero-order chi connectivity index (χ0) is 14.0. The third-order valence-corrected chi connectivity index (χ3v) is 3.77. The first-order chi connectivity index (χ1) is 8.95. The van der Waals surface area contributed by atoms with E-state index < -0.39 is 23.0 Å². The molecule has 1 fully saturated rings. The van der Waals surface area contributed by atoms with Crippen LogP contribution in [0, 0.1) is 11.2 Å². The molecule has 1 atom stereocenters. The van der Waals surface area contributed by atoms with Gasteiger partial charge >= 0.3 is 5.97 Å². The molecular formula is C13H12BrFO4. The fourth-order valence-corrected chi connectivity index (χ4v) is 2.46. The van der Waals surface area contributed by atoms with Gasteiger partial charge in [0.2, 0.25) is 0 Å². The molecular weight excluding hydrogens is 319 g/mol. The number of hydrogen-bond donors (Lipinski definition) is 1. The van der Waals surface area contributed by atoms with Crippen LogP contribution >= 0.6 is 15.9 Å². The number of aliphatic carboxylic acids is 1. The van der Waals surface area contributed by atoms with E-state index in [9.17, 15) is 19.1 Å². The van der Waals surface area contributed by atoms with Gasteiger partial charge in [-0.05, 0) is 17.7 Å². The highest BCUT2D eigenvalue weighted by atomic mass is 79.9. The van der Waals surface area contributed by atoms with Gasteiger partial charge in [0.05, 0.1) is 13.2 Å². The zero-order valence-electron chi connectivity index (χ0n) is 9.99. The molecule has 1 N–H and O–H groups in total. The third kappa shape index (κ3) is 2.69. The quantitative estimate of drug-likeness (QED) is 0.863. The summed E-state index contributed by atoms with van der Waals surface area (Å²) in [6.45, 7) is 0.00730. The van der Waals surface area contributed by atoms with Crippen LogP contribution in [0.15, 0.2) is 22.7 Å². The molecule has 1 aromatic rings. The molecule has 4 nitrogen and oxygen atoms in total. The van der Waals surface area contributed by atoms with Crippen LogP contribution in [0.2, 0.25) is 0 Å². The van der Waals surface area contributed by atoms with Gasteiger partial charge in [-0.2, -0.15) is 0 Å². The first kappa shape index (κ1) is 14.1. The number of carbonyl (C=O) groups excluding carboxylic acids is 1. The number of carboxylic acid groups (broad SMARTS) is 1. The monoisotopic (exact) mass is 330 g/mol. The van der Waals surface area contributed by atoms with E-state index in [4.69, 9.17) is 4.74 Å². The van der Waals surface area contributed by atoms with Crippen molar-refractivity contribution in [2.24, 2.45) is 5.41 Å². The van der Waals surface area contributed by atoms with Gasteiger partial charge in [0.15, 0.2) is 11.2 Å². The van der Waals surface area contributed by atoms with Crippen LogP contribution in [-0.2, 0) is 20.7 Å². The average molecular weight is 331 g/mol. The van der Waals surface area contributed by atoms with E-state index in [1.165, 1.54) is 12.1 Å². The molecule has 0 amide bonds. The molecule has 0 spiro atoms. The zero-order valence-corrected chi connectivity index (χ0v) is 11.6. The second kappa shape index (κ2) is 5.38. The van der Waals surface area contributed by atoms with Crippen molar-refractivity contribution in [3.8, 4) is 0 Å². The maximum atomic E-state index is 13.8. The van der Waals surface area contributed by atoms with E-state index >= 15 is 0 Å². The Kier molecular flexibility index (Phi) is 4.01. The minimum absolute atomic E-state index is 0.0461. The van der Waals surface area contributed by atoms with E-state index in [0.717, 1.165) is 0 Å². The van der Waals surface area contributed by atoms with Gasteiger partial charge in [-0.15, -0.1) is 0 Å². The van der Waals surface area contributed by atoms with Crippen molar-refractivity contribution in [3.63, 3.8) is 0 Å². The molecule has 6 heteroatoms. The minimum atomic E-state index is -1.67. The Hall–Kier alpha value is -1.27. The van der Waals surface area contributed by atoms with Gasteiger partial charge in [-0.3, -0.25) is 9.59 Å². The Labute approximate surface area is 117 Å². The number of hydrogen-bond acceptors (Lipinski definition) is 3. The van der Waals surface area contributed by atoms with Crippen LogP contribution in [-0.4, -0.2) is 30.1 Å². The Morgan fingerprint density at radius 3 is 2.84 bits per heavy atom. The molecule has 102 valence electrons. The molecule has 0 saturated carbocycles. The Morgan fingerprint density at radius 1 is 1.53 bits per heavy atom. The molecule has 1 aromatic carbocycles. The Balaban J connectivity index is 2.36. The highest BCUT2D eigenvalue weighted by Crippen LogP contribution is 2.31. The van der Waals surface area contributed by atoms with Gasteiger partial charge in [-0.25, -0.2) is 4.39 Å². The van der Waals surface area contributed by atoms with Crippen molar-refractivity contribution in [1.82, 2.24) is 0 Å². The van der Waals surface area contributed by atoms with Crippen molar-refractivity contribution < 1.29 is 23.8 Å². The summed E-state index contributed by atoms with van der Waals surface area (Å²) in [6.07, 6.45) is -0.148. The summed E-state index contributed by atoms with van der Waals surface area (Å²) in [6, 6.07) is 4.34. The summed E-state index contributed by atoms with van der Waals surface area (Å²) < 4.78 is 19.5. The van der Waals surface area contributed by atoms with Crippen molar-refractivity contribution in [2.75, 3.05) is 13.2 Å². The number of rotatable bonds is 3. The number of halogens is 2. The van der Waals surface area contributed by atoms with E-state index in [0.29, 0.717) is 4.47 Å². The molecule has 0 radical (unpaired) electrons.